The van der Waals surface area contributed by atoms with Gasteiger partial charge in [0.1, 0.15) is 11.5 Å². The Morgan fingerprint density at radius 3 is 2.78 bits per heavy atom. The summed E-state index contributed by atoms with van der Waals surface area (Å²) < 4.78 is 6.80. The fourth-order valence-corrected chi connectivity index (χ4v) is 1.73. The Morgan fingerprint density at radius 1 is 1.50 bits per heavy atom. The fourth-order valence-electron chi connectivity index (χ4n) is 1.73. The minimum Gasteiger partial charge on any atom is -0.495 e. The first-order valence-electron chi connectivity index (χ1n) is 5.64. The lowest BCUT2D eigenvalue weighted by Gasteiger charge is -2.09. The number of aryl methyl sites for hydroxylation is 1. The number of ether oxygens (including phenoxy) is 1. The summed E-state index contributed by atoms with van der Waals surface area (Å²) in [6.07, 6.45) is 2.63. The summed E-state index contributed by atoms with van der Waals surface area (Å²) in [6.45, 7) is 9.61. The van der Waals surface area contributed by atoms with Crippen LogP contribution in [0.4, 0.5) is 0 Å². The molecule has 2 aromatic heterocycles. The highest BCUT2D eigenvalue weighted by Crippen LogP contribution is 2.19. The Balaban J connectivity index is 2.77. The van der Waals surface area contributed by atoms with Crippen LogP contribution in [0.2, 0.25) is 0 Å². The molecule has 5 heteroatoms. The standard InChI is InChI=1S/C13H16N4O/c1-5-10-7-15-17-12(8(2)14)6-11(9(3)18-4)16-13(10)17/h6-7H,2-3,5,14H2,1,4H3. The van der Waals surface area contributed by atoms with Crippen LogP contribution >= 0.6 is 0 Å². The highest BCUT2D eigenvalue weighted by molar-refractivity contribution is 5.67. The van der Waals surface area contributed by atoms with Crippen LogP contribution in [-0.4, -0.2) is 21.7 Å². The maximum absolute atomic E-state index is 5.79. The zero-order chi connectivity index (χ0) is 13.3. The van der Waals surface area contributed by atoms with Gasteiger partial charge in [-0.3, -0.25) is 0 Å². The number of nitrogens with two attached hydrogens (primary N) is 1. The van der Waals surface area contributed by atoms with Gasteiger partial charge in [-0.2, -0.15) is 5.10 Å². The first kappa shape index (κ1) is 12.2. The van der Waals surface area contributed by atoms with Gasteiger partial charge in [0, 0.05) is 5.56 Å². The maximum Gasteiger partial charge on any atom is 0.159 e. The molecule has 0 aliphatic carbocycles. The second-order valence-electron chi connectivity index (χ2n) is 3.94. The van der Waals surface area contributed by atoms with Crippen molar-refractivity contribution < 1.29 is 4.74 Å². The van der Waals surface area contributed by atoms with Crippen molar-refractivity contribution in [3.05, 3.63) is 42.4 Å². The molecule has 2 heterocycles. The van der Waals surface area contributed by atoms with Crippen LogP contribution in [0.1, 0.15) is 23.9 Å². The monoisotopic (exact) mass is 244 g/mol. The van der Waals surface area contributed by atoms with E-state index in [1.54, 1.807) is 23.9 Å². The van der Waals surface area contributed by atoms with Gasteiger partial charge in [0.15, 0.2) is 5.65 Å². The molecule has 0 radical (unpaired) electrons. The molecule has 0 atom stereocenters. The molecule has 0 spiro atoms. The Labute approximate surface area is 106 Å². The number of methoxy groups -OCH3 is 1. The lowest BCUT2D eigenvalue weighted by atomic mass is 10.2. The van der Waals surface area contributed by atoms with Crippen LogP contribution in [0, 0.1) is 0 Å². The topological polar surface area (TPSA) is 65.4 Å². The van der Waals surface area contributed by atoms with E-state index in [9.17, 15) is 0 Å². The van der Waals surface area contributed by atoms with Crippen molar-refractivity contribution >= 4 is 17.1 Å². The predicted molar refractivity (Wildman–Crippen MR) is 71.6 cm³/mol. The van der Waals surface area contributed by atoms with E-state index in [2.05, 4.69) is 23.2 Å². The van der Waals surface area contributed by atoms with Gasteiger partial charge >= 0.3 is 0 Å². The zero-order valence-electron chi connectivity index (χ0n) is 10.6. The molecule has 18 heavy (non-hydrogen) atoms. The summed E-state index contributed by atoms with van der Waals surface area (Å²) in [6, 6.07) is 1.77. The van der Waals surface area contributed by atoms with Gasteiger partial charge in [0.05, 0.1) is 24.7 Å². The van der Waals surface area contributed by atoms with Gasteiger partial charge in [0.25, 0.3) is 0 Å². The lowest BCUT2D eigenvalue weighted by Crippen LogP contribution is -2.07. The van der Waals surface area contributed by atoms with Crippen LogP contribution in [0.5, 0.6) is 0 Å². The highest BCUT2D eigenvalue weighted by atomic mass is 16.5. The molecular formula is C13H16N4O. The summed E-state index contributed by atoms with van der Waals surface area (Å²) in [5.74, 6) is 0.489. The van der Waals surface area contributed by atoms with E-state index in [0.29, 0.717) is 22.8 Å². The molecule has 2 rings (SSSR count). The highest BCUT2D eigenvalue weighted by Gasteiger charge is 2.13. The van der Waals surface area contributed by atoms with Crippen molar-refractivity contribution in [2.45, 2.75) is 13.3 Å². The molecule has 0 saturated heterocycles. The molecule has 0 amide bonds. The van der Waals surface area contributed by atoms with E-state index >= 15 is 0 Å². The molecule has 0 saturated carbocycles. The second-order valence-corrected chi connectivity index (χ2v) is 3.94. The predicted octanol–water partition coefficient (Wildman–Crippen LogP) is 1.84. The number of hydrogen-bond donors (Lipinski definition) is 1. The van der Waals surface area contributed by atoms with Gasteiger partial charge in [-0.15, -0.1) is 0 Å². The van der Waals surface area contributed by atoms with E-state index in [1.807, 2.05) is 6.92 Å². The molecule has 0 unspecified atom stereocenters. The Kier molecular flexibility index (Phi) is 3.06. The van der Waals surface area contributed by atoms with Gasteiger partial charge in [0.2, 0.25) is 0 Å². The van der Waals surface area contributed by atoms with Crippen molar-refractivity contribution in [1.82, 2.24) is 14.6 Å². The molecule has 94 valence electrons. The van der Waals surface area contributed by atoms with Crippen molar-refractivity contribution in [1.29, 1.82) is 0 Å². The average Bonchev–Trinajstić information content (AvgIpc) is 2.79. The molecule has 0 aromatic carbocycles. The Bertz CT molecular complexity index is 627. The summed E-state index contributed by atoms with van der Waals surface area (Å²) in [4.78, 5) is 4.50. The average molecular weight is 244 g/mol. The zero-order valence-corrected chi connectivity index (χ0v) is 10.6. The summed E-state index contributed by atoms with van der Waals surface area (Å²) in [7, 11) is 1.56. The molecule has 0 fully saturated rings. The smallest absolute Gasteiger partial charge is 0.159 e. The quantitative estimate of drug-likeness (QED) is 0.833. The minimum absolute atomic E-state index is 0.429. The maximum atomic E-state index is 5.79. The molecule has 2 N–H and O–H groups in total. The SMILES string of the molecule is C=C(OC)c1cc(C(=C)N)n2ncc(CC)c2n1. The third-order valence-corrected chi connectivity index (χ3v) is 2.79. The molecule has 2 aromatic rings. The van der Waals surface area contributed by atoms with E-state index in [1.165, 1.54) is 0 Å². The van der Waals surface area contributed by atoms with Crippen molar-refractivity contribution in [3.63, 3.8) is 0 Å². The first-order valence-corrected chi connectivity index (χ1v) is 5.64. The molecule has 0 bridgehead atoms. The van der Waals surface area contributed by atoms with Crippen molar-refractivity contribution in [3.8, 4) is 0 Å². The lowest BCUT2D eigenvalue weighted by molar-refractivity contribution is 0.369. The third-order valence-electron chi connectivity index (χ3n) is 2.79. The third kappa shape index (κ3) is 1.84. The number of nitrogens with zero attached hydrogens (tertiary/aromatic N) is 3. The van der Waals surface area contributed by atoms with Gasteiger partial charge in [-0.05, 0) is 12.5 Å². The number of aromatic nitrogens is 3. The Morgan fingerprint density at radius 2 is 2.22 bits per heavy atom. The summed E-state index contributed by atoms with van der Waals surface area (Å²) >= 11 is 0. The van der Waals surface area contributed by atoms with Crippen molar-refractivity contribution in [2.75, 3.05) is 7.11 Å². The minimum atomic E-state index is 0.429. The van der Waals surface area contributed by atoms with Gasteiger partial charge < -0.3 is 10.5 Å². The van der Waals surface area contributed by atoms with E-state index in [0.717, 1.165) is 17.6 Å². The normalized spacial score (nSPS) is 10.6. The van der Waals surface area contributed by atoms with E-state index in [4.69, 9.17) is 10.5 Å². The number of rotatable bonds is 4. The van der Waals surface area contributed by atoms with Crippen LogP contribution in [0.25, 0.3) is 17.1 Å². The van der Waals surface area contributed by atoms with Crippen LogP contribution in [0.15, 0.2) is 25.4 Å². The Hall–Kier alpha value is -2.30. The largest absolute Gasteiger partial charge is 0.495 e. The van der Waals surface area contributed by atoms with Crippen LogP contribution in [0.3, 0.4) is 0 Å². The number of fused-ring (bicyclic) bond motifs is 1. The molecule has 0 aliphatic rings. The fraction of sp³-hybridized carbons (Fsp3) is 0.231. The number of hydrogen-bond acceptors (Lipinski definition) is 4. The summed E-state index contributed by atoms with van der Waals surface area (Å²) in [5.41, 5.74) is 9.36. The molecule has 0 aliphatic heterocycles. The molecular weight excluding hydrogens is 228 g/mol. The first-order chi connectivity index (χ1) is 8.58. The van der Waals surface area contributed by atoms with E-state index < -0.39 is 0 Å². The van der Waals surface area contributed by atoms with Gasteiger partial charge in [-0.1, -0.05) is 20.1 Å². The molecule has 5 nitrogen and oxygen atoms in total. The summed E-state index contributed by atoms with van der Waals surface area (Å²) in [5, 5.41) is 4.28. The van der Waals surface area contributed by atoms with Crippen molar-refractivity contribution in [2.24, 2.45) is 5.73 Å². The van der Waals surface area contributed by atoms with Gasteiger partial charge in [-0.25, -0.2) is 9.50 Å². The van der Waals surface area contributed by atoms with Crippen LogP contribution < -0.4 is 5.73 Å². The van der Waals surface area contributed by atoms with Crippen LogP contribution in [-0.2, 0) is 11.2 Å². The second kappa shape index (κ2) is 4.52. The van der Waals surface area contributed by atoms with E-state index in [-0.39, 0.29) is 0 Å².